The van der Waals surface area contributed by atoms with E-state index in [1.54, 1.807) is 6.92 Å². The van der Waals surface area contributed by atoms with E-state index < -0.39 is 5.41 Å². The van der Waals surface area contributed by atoms with E-state index in [-0.39, 0.29) is 23.7 Å². The van der Waals surface area contributed by atoms with Crippen molar-refractivity contribution < 1.29 is 14.3 Å². The number of ketones is 1. The van der Waals surface area contributed by atoms with Crippen molar-refractivity contribution in [1.82, 2.24) is 5.32 Å². The second kappa shape index (κ2) is 5.00. The average molecular weight is 253 g/mol. The standard InChI is InChI=1S/C14H23NO3/c1-4-18-13(17)14-7-5-10(12(14)16)11(6-8-14)15-9(2)3/h9-11,15H,4-8H2,1-3H3. The third-order valence-electron chi connectivity index (χ3n) is 4.27. The molecule has 2 aliphatic carbocycles. The fraction of sp³-hybridized carbons (Fsp3) is 0.857. The van der Waals surface area contributed by atoms with Crippen LogP contribution in [-0.4, -0.2) is 30.4 Å². The zero-order valence-electron chi connectivity index (χ0n) is 11.5. The highest BCUT2D eigenvalue weighted by molar-refractivity contribution is 6.07. The lowest BCUT2D eigenvalue weighted by Gasteiger charge is -2.35. The van der Waals surface area contributed by atoms with Crippen LogP contribution >= 0.6 is 0 Å². The van der Waals surface area contributed by atoms with E-state index in [2.05, 4.69) is 19.2 Å². The Hall–Kier alpha value is -0.900. The Balaban J connectivity index is 2.13. The summed E-state index contributed by atoms with van der Waals surface area (Å²) in [6, 6.07) is 0.612. The molecule has 102 valence electrons. The molecule has 0 spiro atoms. The van der Waals surface area contributed by atoms with Gasteiger partial charge < -0.3 is 10.1 Å². The van der Waals surface area contributed by atoms with Crippen molar-refractivity contribution in [1.29, 1.82) is 0 Å². The van der Waals surface area contributed by atoms with E-state index >= 15 is 0 Å². The third kappa shape index (κ3) is 2.07. The Labute approximate surface area is 108 Å². The van der Waals surface area contributed by atoms with Gasteiger partial charge >= 0.3 is 5.97 Å². The van der Waals surface area contributed by atoms with Gasteiger partial charge in [-0.1, -0.05) is 13.8 Å². The molecule has 1 N–H and O–H groups in total. The van der Waals surface area contributed by atoms with Crippen LogP contribution in [0.25, 0.3) is 0 Å². The first-order valence-electron chi connectivity index (χ1n) is 6.99. The predicted octanol–water partition coefficient (Wildman–Crippen LogP) is 1.68. The summed E-state index contributed by atoms with van der Waals surface area (Å²) in [5.74, 6) is -0.170. The maximum Gasteiger partial charge on any atom is 0.319 e. The Morgan fingerprint density at radius 2 is 2.11 bits per heavy atom. The first-order chi connectivity index (χ1) is 8.51. The average Bonchev–Trinajstić information content (AvgIpc) is 2.52. The summed E-state index contributed by atoms with van der Waals surface area (Å²) in [5.41, 5.74) is -0.810. The molecule has 0 aromatic heterocycles. The van der Waals surface area contributed by atoms with Crippen LogP contribution in [0.5, 0.6) is 0 Å². The molecular weight excluding hydrogens is 230 g/mol. The molecular formula is C14H23NO3. The number of hydrogen-bond acceptors (Lipinski definition) is 4. The highest BCUT2D eigenvalue weighted by atomic mass is 16.5. The fourth-order valence-electron chi connectivity index (χ4n) is 3.45. The number of carbonyl (C=O) groups excluding carboxylic acids is 2. The minimum Gasteiger partial charge on any atom is -0.465 e. The van der Waals surface area contributed by atoms with Crippen molar-refractivity contribution in [3.63, 3.8) is 0 Å². The SMILES string of the molecule is CCOC(=O)C12CCC(NC(C)C)C(CC1)C2=O. The van der Waals surface area contributed by atoms with Gasteiger partial charge in [0.1, 0.15) is 5.41 Å². The van der Waals surface area contributed by atoms with Gasteiger partial charge in [-0.25, -0.2) is 0 Å². The van der Waals surface area contributed by atoms with Gasteiger partial charge in [0.05, 0.1) is 6.61 Å². The van der Waals surface area contributed by atoms with Gasteiger partial charge in [0.2, 0.25) is 0 Å². The second-order valence-electron chi connectivity index (χ2n) is 5.78. The molecule has 2 saturated carbocycles. The molecule has 0 amide bonds. The van der Waals surface area contributed by atoms with Crippen molar-refractivity contribution in [2.24, 2.45) is 11.3 Å². The number of Topliss-reactive ketones (excluding diaryl/α,β-unsaturated/α-hetero) is 1. The van der Waals surface area contributed by atoms with Crippen LogP contribution in [0.2, 0.25) is 0 Å². The maximum atomic E-state index is 12.5. The van der Waals surface area contributed by atoms with Gasteiger partial charge in [-0.05, 0) is 32.6 Å². The van der Waals surface area contributed by atoms with Crippen molar-refractivity contribution in [3.8, 4) is 0 Å². The first kappa shape index (κ1) is 13.5. The van der Waals surface area contributed by atoms with Crippen LogP contribution in [0.4, 0.5) is 0 Å². The van der Waals surface area contributed by atoms with Crippen LogP contribution < -0.4 is 5.32 Å². The highest BCUT2D eigenvalue weighted by Crippen LogP contribution is 2.49. The van der Waals surface area contributed by atoms with Gasteiger partial charge in [0.25, 0.3) is 0 Å². The molecule has 2 fully saturated rings. The van der Waals surface area contributed by atoms with Gasteiger partial charge in [0.15, 0.2) is 5.78 Å². The smallest absolute Gasteiger partial charge is 0.319 e. The second-order valence-corrected chi connectivity index (χ2v) is 5.78. The monoisotopic (exact) mass is 253 g/mol. The highest BCUT2D eigenvalue weighted by Gasteiger charge is 2.58. The third-order valence-corrected chi connectivity index (χ3v) is 4.27. The molecule has 4 nitrogen and oxygen atoms in total. The molecule has 18 heavy (non-hydrogen) atoms. The van der Waals surface area contributed by atoms with Crippen molar-refractivity contribution >= 4 is 11.8 Å². The van der Waals surface area contributed by atoms with Gasteiger partial charge in [-0.2, -0.15) is 0 Å². The predicted molar refractivity (Wildman–Crippen MR) is 68.1 cm³/mol. The maximum absolute atomic E-state index is 12.5. The zero-order valence-corrected chi connectivity index (χ0v) is 11.5. The normalized spacial score (nSPS) is 35.0. The van der Waals surface area contributed by atoms with Crippen molar-refractivity contribution in [2.75, 3.05) is 6.61 Å². The minimum absolute atomic E-state index is 0.00514. The van der Waals surface area contributed by atoms with Crippen LogP contribution in [0.3, 0.4) is 0 Å². The number of esters is 1. The summed E-state index contributed by atoms with van der Waals surface area (Å²) < 4.78 is 5.11. The molecule has 0 aliphatic heterocycles. The topological polar surface area (TPSA) is 55.4 Å². The number of rotatable bonds is 4. The lowest BCUT2D eigenvalue weighted by molar-refractivity contribution is -0.161. The summed E-state index contributed by atoms with van der Waals surface area (Å²) >= 11 is 0. The van der Waals surface area contributed by atoms with Gasteiger partial charge in [-0.3, -0.25) is 9.59 Å². The van der Waals surface area contributed by atoms with E-state index in [0.717, 1.165) is 12.8 Å². The quantitative estimate of drug-likeness (QED) is 0.611. The first-order valence-corrected chi connectivity index (χ1v) is 6.99. The van der Waals surface area contributed by atoms with Crippen LogP contribution in [0.15, 0.2) is 0 Å². The van der Waals surface area contributed by atoms with Crippen molar-refractivity contribution in [3.05, 3.63) is 0 Å². The Bertz CT molecular complexity index is 353. The molecule has 3 atom stereocenters. The summed E-state index contributed by atoms with van der Waals surface area (Å²) in [6.07, 6.45) is 3.03. The van der Waals surface area contributed by atoms with Crippen molar-refractivity contribution in [2.45, 2.75) is 58.5 Å². The fourth-order valence-corrected chi connectivity index (χ4v) is 3.45. The summed E-state index contributed by atoms with van der Waals surface area (Å²) in [4.78, 5) is 24.5. The Morgan fingerprint density at radius 1 is 1.44 bits per heavy atom. The van der Waals surface area contributed by atoms with E-state index in [4.69, 9.17) is 4.74 Å². The van der Waals surface area contributed by atoms with Crippen LogP contribution in [-0.2, 0) is 14.3 Å². The Kier molecular flexibility index (Phi) is 3.76. The van der Waals surface area contributed by atoms with E-state index in [1.165, 1.54) is 0 Å². The number of hydrogen-bond donors (Lipinski definition) is 1. The van der Waals surface area contributed by atoms with Gasteiger partial charge in [0, 0.05) is 18.0 Å². The Morgan fingerprint density at radius 3 is 2.72 bits per heavy atom. The lowest BCUT2D eigenvalue weighted by atomic mass is 9.72. The molecule has 0 heterocycles. The van der Waals surface area contributed by atoms with E-state index in [9.17, 15) is 9.59 Å². The van der Waals surface area contributed by atoms with Crippen LogP contribution in [0, 0.1) is 11.3 Å². The summed E-state index contributed by atoms with van der Waals surface area (Å²) in [7, 11) is 0. The molecule has 2 bridgehead atoms. The molecule has 0 aromatic carbocycles. The minimum atomic E-state index is -0.810. The summed E-state index contributed by atoms with van der Waals surface area (Å²) in [5, 5.41) is 3.45. The van der Waals surface area contributed by atoms with E-state index in [1.807, 2.05) is 0 Å². The number of carbonyl (C=O) groups is 2. The van der Waals surface area contributed by atoms with Crippen LogP contribution in [0.1, 0.15) is 46.5 Å². The van der Waals surface area contributed by atoms with Gasteiger partial charge in [-0.15, -0.1) is 0 Å². The molecule has 2 rings (SSSR count). The largest absolute Gasteiger partial charge is 0.465 e. The summed E-state index contributed by atoms with van der Waals surface area (Å²) in [6.45, 7) is 6.32. The molecule has 0 radical (unpaired) electrons. The molecule has 0 aromatic rings. The molecule has 3 unspecified atom stereocenters. The molecule has 4 heteroatoms. The number of fused-ring (bicyclic) bond motifs is 2. The number of nitrogens with one attached hydrogen (secondary N) is 1. The molecule has 2 aliphatic rings. The van der Waals surface area contributed by atoms with E-state index in [0.29, 0.717) is 25.5 Å². The molecule has 0 saturated heterocycles. The lowest BCUT2D eigenvalue weighted by Crippen LogP contribution is -2.51. The zero-order chi connectivity index (χ0) is 13.3. The number of ether oxygens (including phenoxy) is 1.